The van der Waals surface area contributed by atoms with Crippen LogP contribution in [-0.4, -0.2) is 29.3 Å². The molecule has 1 amide bonds. The van der Waals surface area contributed by atoms with E-state index in [0.29, 0.717) is 6.42 Å². The molecule has 0 aliphatic heterocycles. The monoisotopic (exact) mass is 281 g/mol. The van der Waals surface area contributed by atoms with E-state index in [1.165, 1.54) is 0 Å². The van der Waals surface area contributed by atoms with Gasteiger partial charge in [0.2, 0.25) is 5.91 Å². The van der Waals surface area contributed by atoms with Crippen LogP contribution in [0.5, 0.6) is 0 Å². The summed E-state index contributed by atoms with van der Waals surface area (Å²) in [5, 5.41) is 12.0. The SMILES string of the molecule is CCC(C)(CO)NC(=O)C1CCC(C(F)(F)F)CC1. The average Bonchev–Trinajstić information content (AvgIpc) is 2.37. The van der Waals surface area contributed by atoms with Gasteiger partial charge in [0.05, 0.1) is 18.1 Å². The lowest BCUT2D eigenvalue weighted by atomic mass is 9.81. The molecule has 112 valence electrons. The predicted molar refractivity (Wildman–Crippen MR) is 65.4 cm³/mol. The molecule has 0 heterocycles. The topological polar surface area (TPSA) is 49.3 Å². The molecular formula is C13H22F3NO2. The van der Waals surface area contributed by atoms with Crippen molar-refractivity contribution >= 4 is 5.91 Å². The van der Waals surface area contributed by atoms with Crippen molar-refractivity contribution in [1.29, 1.82) is 0 Å². The highest BCUT2D eigenvalue weighted by Crippen LogP contribution is 2.39. The van der Waals surface area contributed by atoms with Crippen molar-refractivity contribution in [2.45, 2.75) is 57.7 Å². The fourth-order valence-electron chi connectivity index (χ4n) is 2.32. The summed E-state index contributed by atoms with van der Waals surface area (Å²) in [5.74, 6) is -1.87. The number of nitrogens with one attached hydrogen (secondary N) is 1. The summed E-state index contributed by atoms with van der Waals surface area (Å²) in [6.45, 7) is 3.40. The fraction of sp³-hybridized carbons (Fsp3) is 0.923. The van der Waals surface area contributed by atoms with Crippen LogP contribution in [0.2, 0.25) is 0 Å². The second-order valence-corrected chi connectivity index (χ2v) is 5.65. The highest BCUT2D eigenvalue weighted by molar-refractivity contribution is 5.79. The first-order chi connectivity index (χ1) is 8.72. The Morgan fingerprint density at radius 3 is 2.16 bits per heavy atom. The summed E-state index contributed by atoms with van der Waals surface area (Å²) in [6, 6.07) is 0. The lowest BCUT2D eigenvalue weighted by Crippen LogP contribution is -2.51. The van der Waals surface area contributed by atoms with E-state index in [2.05, 4.69) is 5.32 Å². The molecule has 1 saturated carbocycles. The van der Waals surface area contributed by atoms with Crippen LogP contribution in [-0.2, 0) is 4.79 Å². The van der Waals surface area contributed by atoms with Crippen LogP contribution in [0.4, 0.5) is 13.2 Å². The minimum Gasteiger partial charge on any atom is -0.394 e. The molecule has 0 aromatic carbocycles. The van der Waals surface area contributed by atoms with E-state index in [1.54, 1.807) is 6.92 Å². The normalized spacial score (nSPS) is 27.7. The van der Waals surface area contributed by atoms with E-state index in [9.17, 15) is 23.1 Å². The molecule has 0 spiro atoms. The molecule has 1 aliphatic carbocycles. The Balaban J connectivity index is 2.50. The van der Waals surface area contributed by atoms with Crippen molar-refractivity contribution < 1.29 is 23.1 Å². The molecular weight excluding hydrogens is 259 g/mol. The van der Waals surface area contributed by atoms with Crippen molar-refractivity contribution in [3.8, 4) is 0 Å². The molecule has 6 heteroatoms. The first-order valence-corrected chi connectivity index (χ1v) is 6.71. The van der Waals surface area contributed by atoms with Gasteiger partial charge in [0.15, 0.2) is 0 Å². The van der Waals surface area contributed by atoms with Gasteiger partial charge in [-0.3, -0.25) is 4.79 Å². The number of alkyl halides is 3. The fourth-order valence-corrected chi connectivity index (χ4v) is 2.32. The second-order valence-electron chi connectivity index (χ2n) is 5.65. The first kappa shape index (κ1) is 16.3. The lowest BCUT2D eigenvalue weighted by Gasteiger charge is -2.33. The molecule has 3 nitrogen and oxygen atoms in total. The van der Waals surface area contributed by atoms with Crippen LogP contribution in [0, 0.1) is 11.8 Å². The third-order valence-corrected chi connectivity index (χ3v) is 4.12. The summed E-state index contributed by atoms with van der Waals surface area (Å²) in [7, 11) is 0. The van der Waals surface area contributed by atoms with Crippen molar-refractivity contribution in [3.05, 3.63) is 0 Å². The number of carbonyl (C=O) groups excluding carboxylic acids is 1. The quantitative estimate of drug-likeness (QED) is 0.832. The Labute approximate surface area is 111 Å². The highest BCUT2D eigenvalue weighted by Gasteiger charge is 2.42. The van der Waals surface area contributed by atoms with Crippen LogP contribution in [0.1, 0.15) is 46.0 Å². The van der Waals surface area contributed by atoms with E-state index in [-0.39, 0.29) is 44.1 Å². The van der Waals surface area contributed by atoms with Crippen LogP contribution in [0.25, 0.3) is 0 Å². The van der Waals surface area contributed by atoms with Gasteiger partial charge in [-0.25, -0.2) is 0 Å². The van der Waals surface area contributed by atoms with Crippen molar-refractivity contribution in [1.82, 2.24) is 5.32 Å². The molecule has 19 heavy (non-hydrogen) atoms. The average molecular weight is 281 g/mol. The van der Waals surface area contributed by atoms with Crippen molar-refractivity contribution in [2.75, 3.05) is 6.61 Å². The highest BCUT2D eigenvalue weighted by atomic mass is 19.4. The number of hydrogen-bond donors (Lipinski definition) is 2. The molecule has 1 rings (SSSR count). The van der Waals surface area contributed by atoms with Gasteiger partial charge in [-0.2, -0.15) is 13.2 Å². The summed E-state index contributed by atoms with van der Waals surface area (Å²) in [4.78, 5) is 12.0. The van der Waals surface area contributed by atoms with Crippen LogP contribution < -0.4 is 5.32 Å². The van der Waals surface area contributed by atoms with E-state index >= 15 is 0 Å². The van der Waals surface area contributed by atoms with Gasteiger partial charge in [-0.05, 0) is 39.0 Å². The minimum absolute atomic E-state index is 0.0174. The molecule has 0 aromatic heterocycles. The van der Waals surface area contributed by atoms with Crippen molar-refractivity contribution in [2.24, 2.45) is 11.8 Å². The first-order valence-electron chi connectivity index (χ1n) is 6.71. The molecule has 1 aliphatic rings. The van der Waals surface area contributed by atoms with Crippen LogP contribution in [0.15, 0.2) is 0 Å². The third-order valence-electron chi connectivity index (χ3n) is 4.12. The maximum absolute atomic E-state index is 12.5. The van der Waals surface area contributed by atoms with Gasteiger partial charge < -0.3 is 10.4 Å². The molecule has 1 atom stereocenters. The zero-order valence-electron chi connectivity index (χ0n) is 11.4. The van der Waals surface area contributed by atoms with Gasteiger partial charge in [0, 0.05) is 5.92 Å². The molecule has 0 aromatic rings. The number of rotatable bonds is 4. The Morgan fingerprint density at radius 1 is 1.26 bits per heavy atom. The number of aliphatic hydroxyl groups excluding tert-OH is 1. The van der Waals surface area contributed by atoms with Crippen LogP contribution in [0.3, 0.4) is 0 Å². The molecule has 0 bridgehead atoms. The van der Waals surface area contributed by atoms with Gasteiger partial charge in [0.25, 0.3) is 0 Å². The molecule has 2 N–H and O–H groups in total. The minimum atomic E-state index is -4.15. The number of halogens is 3. The number of amides is 1. The number of aliphatic hydroxyl groups is 1. The predicted octanol–water partition coefficient (Wildman–Crippen LogP) is 2.63. The van der Waals surface area contributed by atoms with Crippen molar-refractivity contribution in [3.63, 3.8) is 0 Å². The largest absolute Gasteiger partial charge is 0.394 e. The second kappa shape index (κ2) is 6.11. The van der Waals surface area contributed by atoms with E-state index in [0.717, 1.165) is 0 Å². The van der Waals surface area contributed by atoms with E-state index < -0.39 is 17.6 Å². The van der Waals surface area contributed by atoms with Crippen LogP contribution >= 0.6 is 0 Å². The Hall–Kier alpha value is -0.780. The summed E-state index contributed by atoms with van der Waals surface area (Å²) >= 11 is 0. The molecule has 1 unspecified atom stereocenters. The Morgan fingerprint density at radius 2 is 1.79 bits per heavy atom. The van der Waals surface area contributed by atoms with Gasteiger partial charge in [0.1, 0.15) is 0 Å². The lowest BCUT2D eigenvalue weighted by molar-refractivity contribution is -0.184. The van der Waals surface area contributed by atoms with Gasteiger partial charge in [-0.15, -0.1) is 0 Å². The Bertz CT molecular complexity index is 306. The third kappa shape index (κ3) is 4.37. The zero-order chi connectivity index (χ0) is 14.7. The maximum Gasteiger partial charge on any atom is 0.391 e. The molecule has 1 fully saturated rings. The number of carbonyl (C=O) groups is 1. The smallest absolute Gasteiger partial charge is 0.391 e. The van der Waals surface area contributed by atoms with E-state index in [1.807, 2.05) is 6.92 Å². The molecule has 0 radical (unpaired) electrons. The summed E-state index contributed by atoms with van der Waals surface area (Å²) < 4.78 is 37.5. The molecule has 0 saturated heterocycles. The summed E-state index contributed by atoms with van der Waals surface area (Å²) in [5.41, 5.74) is -0.683. The van der Waals surface area contributed by atoms with E-state index in [4.69, 9.17) is 0 Å². The summed E-state index contributed by atoms with van der Waals surface area (Å²) in [6.07, 6.45) is -3.01. The number of hydrogen-bond acceptors (Lipinski definition) is 2. The zero-order valence-corrected chi connectivity index (χ0v) is 11.4. The maximum atomic E-state index is 12.5. The van der Waals surface area contributed by atoms with Gasteiger partial charge in [-0.1, -0.05) is 6.92 Å². The van der Waals surface area contributed by atoms with Gasteiger partial charge >= 0.3 is 6.18 Å². The Kier molecular flexibility index (Phi) is 5.24. The standard InChI is InChI=1S/C13H22F3NO2/c1-3-12(2,8-18)17-11(19)9-4-6-10(7-5-9)13(14,15)16/h9-10,18H,3-8H2,1-2H3,(H,17,19).